The van der Waals surface area contributed by atoms with Crippen molar-refractivity contribution in [3.63, 3.8) is 0 Å². The highest BCUT2D eigenvalue weighted by atomic mass is 19.1. The van der Waals surface area contributed by atoms with E-state index in [-0.39, 0.29) is 22.7 Å². The Balaban J connectivity index is 1.97. The summed E-state index contributed by atoms with van der Waals surface area (Å²) in [6, 6.07) is 13.3. The molecule has 0 spiro atoms. The van der Waals surface area contributed by atoms with Gasteiger partial charge in [0, 0.05) is 0 Å². The first kappa shape index (κ1) is 15.9. The minimum absolute atomic E-state index is 0.268. The maximum absolute atomic E-state index is 13.8. The molecule has 122 valence electrons. The standard InChI is InChI=1S/C18H12F4N2/c19-11-5-3-6-12(20)17(11)23-15-9-1-2-10-16(15)24-18-13(21)7-4-8-14(18)22/h1-10,23-24H. The van der Waals surface area contributed by atoms with E-state index in [9.17, 15) is 17.6 Å². The molecule has 0 amide bonds. The molecule has 0 heterocycles. The van der Waals surface area contributed by atoms with Crippen LogP contribution in [0.25, 0.3) is 0 Å². The van der Waals surface area contributed by atoms with Crippen LogP contribution in [-0.4, -0.2) is 0 Å². The fourth-order valence-electron chi connectivity index (χ4n) is 2.20. The van der Waals surface area contributed by atoms with Gasteiger partial charge in [-0.1, -0.05) is 24.3 Å². The molecule has 0 radical (unpaired) electrons. The molecule has 3 rings (SSSR count). The van der Waals surface area contributed by atoms with Crippen LogP contribution in [0, 0.1) is 23.3 Å². The zero-order valence-corrected chi connectivity index (χ0v) is 12.3. The van der Waals surface area contributed by atoms with E-state index in [1.165, 1.54) is 24.3 Å². The van der Waals surface area contributed by atoms with Crippen molar-refractivity contribution in [1.29, 1.82) is 0 Å². The van der Waals surface area contributed by atoms with E-state index in [2.05, 4.69) is 10.6 Å². The number of benzene rings is 3. The molecule has 0 fully saturated rings. The summed E-state index contributed by atoms with van der Waals surface area (Å²) in [5.41, 5.74) is -0.158. The monoisotopic (exact) mass is 332 g/mol. The van der Waals surface area contributed by atoms with E-state index in [4.69, 9.17) is 0 Å². The predicted molar refractivity (Wildman–Crippen MR) is 85.7 cm³/mol. The van der Waals surface area contributed by atoms with Gasteiger partial charge in [-0.3, -0.25) is 0 Å². The molecular formula is C18H12F4N2. The molecule has 0 aliphatic heterocycles. The highest BCUT2D eigenvalue weighted by Crippen LogP contribution is 2.32. The molecule has 0 saturated heterocycles. The number of hydrogen-bond acceptors (Lipinski definition) is 2. The molecular weight excluding hydrogens is 320 g/mol. The summed E-state index contributed by atoms with van der Waals surface area (Å²) < 4.78 is 55.1. The molecule has 0 unspecified atom stereocenters. The summed E-state index contributed by atoms with van der Waals surface area (Å²) in [5, 5.41) is 5.22. The van der Waals surface area contributed by atoms with Crippen molar-refractivity contribution in [2.75, 3.05) is 10.6 Å². The number of hydrogen-bond donors (Lipinski definition) is 2. The second-order valence-corrected chi connectivity index (χ2v) is 4.99. The van der Waals surface area contributed by atoms with E-state index < -0.39 is 23.3 Å². The molecule has 0 aliphatic carbocycles. The molecule has 0 saturated carbocycles. The van der Waals surface area contributed by atoms with Crippen molar-refractivity contribution >= 4 is 22.7 Å². The van der Waals surface area contributed by atoms with Crippen molar-refractivity contribution in [2.45, 2.75) is 0 Å². The van der Waals surface area contributed by atoms with Gasteiger partial charge in [-0.15, -0.1) is 0 Å². The highest BCUT2D eigenvalue weighted by Gasteiger charge is 2.13. The minimum Gasteiger partial charge on any atom is -0.349 e. The van der Waals surface area contributed by atoms with Gasteiger partial charge in [0.05, 0.1) is 11.4 Å². The normalized spacial score (nSPS) is 10.5. The highest BCUT2D eigenvalue weighted by molar-refractivity contribution is 5.78. The Morgan fingerprint density at radius 3 is 1.12 bits per heavy atom. The summed E-state index contributed by atoms with van der Waals surface area (Å²) in [5.74, 6) is -3.10. The van der Waals surface area contributed by atoms with Crippen molar-refractivity contribution in [1.82, 2.24) is 0 Å². The van der Waals surface area contributed by atoms with Gasteiger partial charge in [-0.2, -0.15) is 0 Å². The number of anilines is 4. The molecule has 0 atom stereocenters. The Labute approximate surface area is 135 Å². The lowest BCUT2D eigenvalue weighted by molar-refractivity contribution is 0.589. The van der Waals surface area contributed by atoms with Crippen LogP contribution in [-0.2, 0) is 0 Å². The van der Waals surface area contributed by atoms with Crippen molar-refractivity contribution in [2.24, 2.45) is 0 Å². The van der Waals surface area contributed by atoms with Crippen LogP contribution in [0.4, 0.5) is 40.3 Å². The maximum Gasteiger partial charge on any atom is 0.149 e. The van der Waals surface area contributed by atoms with Gasteiger partial charge in [0.25, 0.3) is 0 Å². The van der Waals surface area contributed by atoms with E-state index in [0.717, 1.165) is 24.3 Å². The van der Waals surface area contributed by atoms with Gasteiger partial charge >= 0.3 is 0 Å². The third-order valence-corrected chi connectivity index (χ3v) is 3.37. The predicted octanol–water partition coefficient (Wildman–Crippen LogP) is 5.73. The van der Waals surface area contributed by atoms with E-state index >= 15 is 0 Å². The summed E-state index contributed by atoms with van der Waals surface area (Å²) in [6.07, 6.45) is 0. The smallest absolute Gasteiger partial charge is 0.149 e. The van der Waals surface area contributed by atoms with Crippen molar-refractivity contribution < 1.29 is 17.6 Å². The largest absolute Gasteiger partial charge is 0.349 e. The summed E-state index contributed by atoms with van der Waals surface area (Å²) in [7, 11) is 0. The van der Waals surface area contributed by atoms with Gasteiger partial charge < -0.3 is 10.6 Å². The lowest BCUT2D eigenvalue weighted by Gasteiger charge is -2.15. The average molecular weight is 332 g/mol. The van der Waals surface area contributed by atoms with E-state index in [0.29, 0.717) is 0 Å². The van der Waals surface area contributed by atoms with Crippen molar-refractivity contribution in [3.8, 4) is 0 Å². The first-order chi connectivity index (χ1) is 11.6. The van der Waals surface area contributed by atoms with Crippen LogP contribution in [0.5, 0.6) is 0 Å². The Bertz CT molecular complexity index is 768. The Morgan fingerprint density at radius 2 is 0.792 bits per heavy atom. The Morgan fingerprint density at radius 1 is 0.458 bits per heavy atom. The summed E-state index contributed by atoms with van der Waals surface area (Å²) >= 11 is 0. The molecule has 3 aromatic rings. The van der Waals surface area contributed by atoms with Gasteiger partial charge in [0.15, 0.2) is 0 Å². The second kappa shape index (κ2) is 6.62. The number of nitrogens with one attached hydrogen (secondary N) is 2. The zero-order chi connectivity index (χ0) is 17.1. The molecule has 3 aromatic carbocycles. The fourth-order valence-corrected chi connectivity index (χ4v) is 2.20. The fraction of sp³-hybridized carbons (Fsp3) is 0. The summed E-state index contributed by atoms with van der Waals surface area (Å²) in [6.45, 7) is 0. The van der Waals surface area contributed by atoms with Crippen LogP contribution < -0.4 is 10.6 Å². The number of rotatable bonds is 4. The van der Waals surface area contributed by atoms with Crippen molar-refractivity contribution in [3.05, 3.63) is 83.9 Å². The average Bonchev–Trinajstić information content (AvgIpc) is 2.56. The molecule has 0 bridgehead atoms. The van der Waals surface area contributed by atoms with Gasteiger partial charge in [0.2, 0.25) is 0 Å². The molecule has 0 aromatic heterocycles. The Hall–Kier alpha value is -3.02. The van der Waals surface area contributed by atoms with Gasteiger partial charge in [0.1, 0.15) is 34.6 Å². The molecule has 24 heavy (non-hydrogen) atoms. The van der Waals surface area contributed by atoms with Crippen LogP contribution in [0.2, 0.25) is 0 Å². The van der Waals surface area contributed by atoms with E-state index in [1.54, 1.807) is 12.1 Å². The van der Waals surface area contributed by atoms with Crippen LogP contribution in [0.3, 0.4) is 0 Å². The third kappa shape index (κ3) is 3.17. The Kier molecular flexibility index (Phi) is 4.37. The lowest BCUT2D eigenvalue weighted by atomic mass is 10.2. The van der Waals surface area contributed by atoms with Crippen LogP contribution in [0.1, 0.15) is 0 Å². The first-order valence-corrected chi connectivity index (χ1v) is 7.07. The first-order valence-electron chi connectivity index (χ1n) is 7.07. The van der Waals surface area contributed by atoms with Crippen LogP contribution >= 0.6 is 0 Å². The molecule has 2 nitrogen and oxygen atoms in total. The topological polar surface area (TPSA) is 24.1 Å². The number of halogens is 4. The second-order valence-electron chi connectivity index (χ2n) is 4.99. The maximum atomic E-state index is 13.8. The third-order valence-electron chi connectivity index (χ3n) is 3.37. The zero-order valence-electron chi connectivity index (χ0n) is 12.3. The molecule has 6 heteroatoms. The lowest BCUT2D eigenvalue weighted by Crippen LogP contribution is -2.03. The SMILES string of the molecule is Fc1cccc(F)c1Nc1ccccc1Nc1c(F)cccc1F. The van der Waals surface area contributed by atoms with Crippen LogP contribution in [0.15, 0.2) is 60.7 Å². The van der Waals surface area contributed by atoms with Gasteiger partial charge in [-0.25, -0.2) is 17.6 Å². The summed E-state index contributed by atoms with van der Waals surface area (Å²) in [4.78, 5) is 0. The van der Waals surface area contributed by atoms with Gasteiger partial charge in [-0.05, 0) is 36.4 Å². The molecule has 2 N–H and O–H groups in total. The number of para-hydroxylation sites is 4. The molecule has 0 aliphatic rings. The quantitative estimate of drug-likeness (QED) is 0.596. The minimum atomic E-state index is -0.776. The van der Waals surface area contributed by atoms with E-state index in [1.807, 2.05) is 0 Å².